The van der Waals surface area contributed by atoms with Crippen LogP contribution < -0.4 is 22.1 Å². The summed E-state index contributed by atoms with van der Waals surface area (Å²) in [5, 5.41) is 25.5. The number of amides is 2. The Labute approximate surface area is 207 Å². The first kappa shape index (κ1) is 26.2. The smallest absolute Gasteiger partial charge is 0.330 e. The third-order valence-corrected chi connectivity index (χ3v) is 7.13. The first-order chi connectivity index (χ1) is 16.7. The second kappa shape index (κ2) is 11.8. The molecule has 0 spiro atoms. The molecule has 11 heteroatoms. The first-order valence-corrected chi connectivity index (χ1v) is 12.3. The van der Waals surface area contributed by atoms with Gasteiger partial charge in [0.2, 0.25) is 11.8 Å². The predicted octanol–water partition coefficient (Wildman–Crippen LogP) is 1.59. The van der Waals surface area contributed by atoms with Crippen molar-refractivity contribution >= 4 is 45.2 Å². The highest BCUT2D eigenvalue weighted by molar-refractivity contribution is 7.17. The number of hydrogen-bond acceptors (Lipinski definition) is 6. The lowest BCUT2D eigenvalue weighted by molar-refractivity contribution is -0.142. The zero-order chi connectivity index (χ0) is 25.5. The molecule has 1 aromatic heterocycles. The van der Waals surface area contributed by atoms with E-state index in [1.54, 1.807) is 17.0 Å². The van der Waals surface area contributed by atoms with Gasteiger partial charge in [0.1, 0.15) is 0 Å². The number of guanidine groups is 1. The molecule has 0 saturated carbocycles. The molecule has 1 aliphatic rings. The van der Waals surface area contributed by atoms with Crippen LogP contribution in [0.1, 0.15) is 42.9 Å². The van der Waals surface area contributed by atoms with Crippen LogP contribution in [0.5, 0.6) is 0 Å². The fourth-order valence-corrected chi connectivity index (χ4v) is 5.11. The van der Waals surface area contributed by atoms with Gasteiger partial charge in [0.25, 0.3) is 0 Å². The summed E-state index contributed by atoms with van der Waals surface area (Å²) in [6.45, 7) is 3.39. The second-order valence-corrected chi connectivity index (χ2v) is 9.55. The average molecular weight is 501 g/mol. The van der Waals surface area contributed by atoms with E-state index in [-0.39, 0.29) is 24.2 Å². The molecular formula is C24H32N6O4S. The van der Waals surface area contributed by atoms with Gasteiger partial charge in [-0.15, -0.1) is 11.3 Å². The lowest BCUT2D eigenvalue weighted by Crippen LogP contribution is -2.41. The van der Waals surface area contributed by atoms with Crippen molar-refractivity contribution in [3.05, 3.63) is 46.4 Å². The Morgan fingerprint density at radius 3 is 2.74 bits per heavy atom. The number of nitrogens with one attached hydrogen (secondary N) is 3. The fraction of sp³-hybridized carbons (Fsp3) is 0.417. The van der Waals surface area contributed by atoms with E-state index in [4.69, 9.17) is 16.9 Å². The summed E-state index contributed by atoms with van der Waals surface area (Å²) in [7, 11) is 0. The molecule has 1 aromatic carbocycles. The van der Waals surface area contributed by atoms with Crippen LogP contribution in [0, 0.1) is 12.3 Å². The fourth-order valence-electron chi connectivity index (χ4n) is 4.01. The Balaban J connectivity index is 1.40. The summed E-state index contributed by atoms with van der Waals surface area (Å²) in [5.41, 5.74) is 14.1. The van der Waals surface area contributed by atoms with Crippen molar-refractivity contribution in [2.45, 2.75) is 44.7 Å². The largest absolute Gasteiger partial charge is 0.479 e. The minimum Gasteiger partial charge on any atom is -0.479 e. The number of nitrogens with zero attached hydrogens (tertiary/aromatic N) is 1. The van der Waals surface area contributed by atoms with Gasteiger partial charge in [-0.3, -0.25) is 15.0 Å². The van der Waals surface area contributed by atoms with E-state index in [0.717, 1.165) is 21.2 Å². The van der Waals surface area contributed by atoms with Crippen molar-refractivity contribution in [3.8, 4) is 0 Å². The number of nitrogens with two attached hydrogens (primary N) is 2. The van der Waals surface area contributed by atoms with E-state index < -0.39 is 18.1 Å². The minimum absolute atomic E-state index is 0.00772. The highest BCUT2D eigenvalue weighted by Gasteiger charge is 2.25. The zero-order valence-corrected chi connectivity index (χ0v) is 20.5. The Bertz CT molecular complexity index is 1140. The van der Waals surface area contributed by atoms with Gasteiger partial charge in [-0.2, -0.15) is 0 Å². The number of aryl methyl sites for hydroxylation is 1. The summed E-state index contributed by atoms with van der Waals surface area (Å²) in [5.74, 6) is -1.75. The third kappa shape index (κ3) is 6.80. The van der Waals surface area contributed by atoms with Crippen LogP contribution in [0.15, 0.2) is 35.2 Å². The molecule has 1 aliphatic heterocycles. The zero-order valence-electron chi connectivity index (χ0n) is 19.7. The number of carboxylic acids is 1. The van der Waals surface area contributed by atoms with Gasteiger partial charge in [-0.25, -0.2) is 4.79 Å². The van der Waals surface area contributed by atoms with E-state index >= 15 is 0 Å². The maximum absolute atomic E-state index is 12.4. The Hall–Kier alpha value is -3.44. The molecule has 10 nitrogen and oxygen atoms in total. The van der Waals surface area contributed by atoms with Crippen LogP contribution >= 0.6 is 11.3 Å². The van der Waals surface area contributed by atoms with Crippen molar-refractivity contribution in [2.24, 2.45) is 11.5 Å². The second-order valence-electron chi connectivity index (χ2n) is 8.67. The molecule has 3 rings (SSSR count). The molecule has 0 saturated heterocycles. The van der Waals surface area contributed by atoms with Crippen LogP contribution in [0.4, 0.5) is 0 Å². The highest BCUT2D eigenvalue weighted by Crippen LogP contribution is 2.32. The van der Waals surface area contributed by atoms with E-state index in [9.17, 15) is 19.5 Å². The van der Waals surface area contributed by atoms with Gasteiger partial charge in [0.15, 0.2) is 12.0 Å². The Kier molecular flexibility index (Phi) is 8.83. The number of thiophene rings is 1. The number of unbranched alkanes of at least 4 members (excludes halogenated alkanes) is 1. The molecule has 2 amide bonds. The van der Waals surface area contributed by atoms with E-state index in [1.165, 1.54) is 11.3 Å². The van der Waals surface area contributed by atoms with Crippen molar-refractivity contribution < 1.29 is 19.5 Å². The summed E-state index contributed by atoms with van der Waals surface area (Å²) in [4.78, 5) is 38.2. The number of fused-ring (bicyclic) bond motifs is 1. The lowest BCUT2D eigenvalue weighted by atomic mass is 10.0. The SMILES string of the molecule is Cc1csc2c(C(NC(=O)CCCCNC(=O)C(N)CC3=CCN(C(=N)N)C3)C(=O)O)cccc12. The maximum atomic E-state index is 12.4. The van der Waals surface area contributed by atoms with Crippen molar-refractivity contribution in [2.75, 3.05) is 19.6 Å². The molecule has 2 aromatic rings. The van der Waals surface area contributed by atoms with Crippen LogP contribution in [0.25, 0.3) is 10.1 Å². The molecule has 2 heterocycles. The van der Waals surface area contributed by atoms with Crippen molar-refractivity contribution in [1.82, 2.24) is 15.5 Å². The molecule has 188 valence electrons. The van der Waals surface area contributed by atoms with Gasteiger partial charge >= 0.3 is 5.97 Å². The topological polar surface area (TPSA) is 175 Å². The van der Waals surface area contributed by atoms with Crippen LogP contribution in [0.2, 0.25) is 0 Å². The molecule has 2 unspecified atom stereocenters. The van der Waals surface area contributed by atoms with Gasteiger partial charge in [0.05, 0.1) is 6.04 Å². The average Bonchev–Trinajstić information content (AvgIpc) is 3.44. The number of hydrogen-bond donors (Lipinski definition) is 6. The van der Waals surface area contributed by atoms with Crippen LogP contribution in [-0.4, -0.2) is 59.4 Å². The number of carbonyl (C=O) groups is 3. The van der Waals surface area contributed by atoms with Crippen LogP contribution in [-0.2, 0) is 14.4 Å². The van der Waals surface area contributed by atoms with Gasteiger partial charge in [-0.05, 0) is 42.5 Å². The molecule has 0 aliphatic carbocycles. The third-order valence-electron chi connectivity index (χ3n) is 5.97. The molecule has 8 N–H and O–H groups in total. The first-order valence-electron chi connectivity index (χ1n) is 11.5. The molecular weight excluding hydrogens is 468 g/mol. The number of carbonyl (C=O) groups excluding carboxylic acids is 2. The summed E-state index contributed by atoms with van der Waals surface area (Å²) >= 11 is 1.47. The number of aliphatic carboxylic acids is 1. The molecule has 35 heavy (non-hydrogen) atoms. The van der Waals surface area contributed by atoms with Crippen molar-refractivity contribution in [3.63, 3.8) is 0 Å². The van der Waals surface area contributed by atoms with E-state index in [2.05, 4.69) is 10.6 Å². The molecule has 0 radical (unpaired) electrons. The number of rotatable bonds is 11. The molecule has 0 fully saturated rings. The van der Waals surface area contributed by atoms with Gasteiger partial charge in [-0.1, -0.05) is 29.8 Å². The predicted molar refractivity (Wildman–Crippen MR) is 136 cm³/mol. The van der Waals surface area contributed by atoms with Crippen LogP contribution in [0.3, 0.4) is 0 Å². The number of benzene rings is 1. The monoisotopic (exact) mass is 500 g/mol. The summed E-state index contributed by atoms with van der Waals surface area (Å²) < 4.78 is 0.860. The molecule has 0 bridgehead atoms. The van der Waals surface area contributed by atoms with Gasteiger partial charge < -0.3 is 32.1 Å². The van der Waals surface area contributed by atoms with E-state index in [0.29, 0.717) is 44.5 Å². The molecule has 2 atom stereocenters. The standard InChI is InChI=1S/C24H32N6O4S/c1-14-13-35-21-16(14)5-4-6-17(21)20(23(33)34)29-19(31)7-2-3-9-28-22(32)18(25)11-15-8-10-30(12-15)24(26)27/h4-6,8,13,18,20H,2-3,7,9-12,25H2,1H3,(H3,26,27)(H,28,32)(H,29,31)(H,33,34). The summed E-state index contributed by atoms with van der Waals surface area (Å²) in [6, 6.07) is 3.66. The Morgan fingerprint density at radius 2 is 2.06 bits per heavy atom. The van der Waals surface area contributed by atoms with E-state index in [1.807, 2.05) is 24.4 Å². The quantitative estimate of drug-likeness (QED) is 0.117. The van der Waals surface area contributed by atoms with Crippen molar-refractivity contribution in [1.29, 1.82) is 5.41 Å². The summed E-state index contributed by atoms with van der Waals surface area (Å²) in [6.07, 6.45) is 3.53. The minimum atomic E-state index is -1.12. The number of carboxylic acid groups (broad SMARTS) is 1. The maximum Gasteiger partial charge on any atom is 0.330 e. The normalized spacial score (nSPS) is 14.9. The van der Waals surface area contributed by atoms with Gasteiger partial charge in [0, 0.05) is 36.3 Å². The lowest BCUT2D eigenvalue weighted by Gasteiger charge is -2.17. The Morgan fingerprint density at radius 1 is 1.29 bits per heavy atom. The highest BCUT2D eigenvalue weighted by atomic mass is 32.1.